The van der Waals surface area contributed by atoms with Crippen LogP contribution >= 0.6 is 0 Å². The molecular formula is C18H24N2O3S. The summed E-state index contributed by atoms with van der Waals surface area (Å²) in [5.41, 5.74) is 1.28. The van der Waals surface area contributed by atoms with E-state index >= 15 is 0 Å². The molecule has 2 aliphatic carbocycles. The minimum atomic E-state index is -2.79. The molecule has 1 heterocycles. The van der Waals surface area contributed by atoms with E-state index in [4.69, 9.17) is 0 Å². The van der Waals surface area contributed by atoms with Gasteiger partial charge >= 0.3 is 6.03 Å². The lowest BCUT2D eigenvalue weighted by Crippen LogP contribution is -2.63. The quantitative estimate of drug-likeness (QED) is 0.878. The smallest absolute Gasteiger partial charge is 0.315 e. The molecule has 3 aliphatic rings. The van der Waals surface area contributed by atoms with Gasteiger partial charge in [0.15, 0.2) is 9.84 Å². The highest BCUT2D eigenvalue weighted by atomic mass is 32.2. The van der Waals surface area contributed by atoms with E-state index in [0.29, 0.717) is 17.4 Å². The van der Waals surface area contributed by atoms with Gasteiger partial charge in [-0.05, 0) is 23.8 Å². The van der Waals surface area contributed by atoms with Crippen molar-refractivity contribution >= 4 is 15.9 Å². The molecule has 0 bridgehead atoms. The number of carbonyl (C=O) groups is 1. The highest BCUT2D eigenvalue weighted by Crippen LogP contribution is 2.58. The summed E-state index contributed by atoms with van der Waals surface area (Å²) in [7, 11) is -2.79. The summed E-state index contributed by atoms with van der Waals surface area (Å²) in [5, 5.41) is 6.11. The van der Waals surface area contributed by atoms with Crippen LogP contribution in [0.25, 0.3) is 0 Å². The van der Waals surface area contributed by atoms with Crippen LogP contribution in [-0.4, -0.2) is 38.0 Å². The Morgan fingerprint density at radius 1 is 1.08 bits per heavy atom. The summed E-state index contributed by atoms with van der Waals surface area (Å²) in [4.78, 5) is 12.3. The molecule has 6 heteroatoms. The van der Waals surface area contributed by atoms with Gasteiger partial charge in [0, 0.05) is 23.4 Å². The Kier molecular flexibility index (Phi) is 3.30. The number of hydrogen-bond donors (Lipinski definition) is 2. The average molecular weight is 348 g/mol. The lowest BCUT2D eigenvalue weighted by atomic mass is 9.67. The van der Waals surface area contributed by atoms with E-state index in [1.807, 2.05) is 18.2 Å². The van der Waals surface area contributed by atoms with E-state index in [1.54, 1.807) is 0 Å². The van der Waals surface area contributed by atoms with Crippen LogP contribution in [0.15, 0.2) is 30.3 Å². The third kappa shape index (κ3) is 2.61. The van der Waals surface area contributed by atoms with Crippen molar-refractivity contribution in [2.24, 2.45) is 10.8 Å². The van der Waals surface area contributed by atoms with E-state index in [9.17, 15) is 13.2 Å². The second-order valence-electron chi connectivity index (χ2n) is 8.44. The number of sulfone groups is 1. The van der Waals surface area contributed by atoms with E-state index in [1.165, 1.54) is 5.56 Å². The van der Waals surface area contributed by atoms with Crippen LogP contribution in [0.3, 0.4) is 0 Å². The van der Waals surface area contributed by atoms with Gasteiger partial charge in [-0.2, -0.15) is 0 Å². The van der Waals surface area contributed by atoms with Crippen molar-refractivity contribution in [3.8, 4) is 0 Å². The SMILES string of the molecule is CC1(C)[C@@H](NC(=O)NC2CC3(C2)CS(=O)(=O)C3)[C@@H]1c1ccccc1. The second-order valence-corrected chi connectivity index (χ2v) is 10.5. The van der Waals surface area contributed by atoms with Gasteiger partial charge in [0.2, 0.25) is 0 Å². The molecule has 0 unspecified atom stereocenters. The Hall–Kier alpha value is -1.56. The Labute approximate surface area is 143 Å². The van der Waals surface area contributed by atoms with Crippen molar-refractivity contribution in [1.29, 1.82) is 0 Å². The minimum absolute atomic E-state index is 0.0395. The molecule has 1 spiro atoms. The fraction of sp³-hybridized carbons (Fsp3) is 0.611. The van der Waals surface area contributed by atoms with Gasteiger partial charge < -0.3 is 10.6 Å². The van der Waals surface area contributed by atoms with Crippen molar-refractivity contribution in [3.05, 3.63) is 35.9 Å². The molecule has 0 aromatic heterocycles. The summed E-state index contributed by atoms with van der Waals surface area (Å²) < 4.78 is 22.6. The number of hydrogen-bond acceptors (Lipinski definition) is 3. The molecule has 24 heavy (non-hydrogen) atoms. The Balaban J connectivity index is 1.29. The first-order valence-electron chi connectivity index (χ1n) is 8.53. The topological polar surface area (TPSA) is 75.3 Å². The first-order valence-corrected chi connectivity index (χ1v) is 10.4. The number of rotatable bonds is 3. The summed E-state index contributed by atoms with van der Waals surface area (Å²) >= 11 is 0. The Bertz CT molecular complexity index is 753. The van der Waals surface area contributed by atoms with Crippen LogP contribution < -0.4 is 10.6 Å². The van der Waals surface area contributed by atoms with Crippen molar-refractivity contribution < 1.29 is 13.2 Å². The van der Waals surface area contributed by atoms with Crippen molar-refractivity contribution in [1.82, 2.24) is 10.6 Å². The van der Waals surface area contributed by atoms with Gasteiger partial charge in [0.1, 0.15) is 0 Å². The van der Waals surface area contributed by atoms with Gasteiger partial charge in [0.25, 0.3) is 0 Å². The second kappa shape index (κ2) is 4.97. The lowest BCUT2D eigenvalue weighted by molar-refractivity contribution is 0.119. The number of amides is 2. The van der Waals surface area contributed by atoms with Crippen LogP contribution in [-0.2, 0) is 9.84 Å². The molecule has 1 aliphatic heterocycles. The minimum Gasteiger partial charge on any atom is -0.335 e. The summed E-state index contributed by atoms with van der Waals surface area (Å²) in [6.45, 7) is 4.35. The van der Waals surface area contributed by atoms with Gasteiger partial charge in [-0.1, -0.05) is 44.2 Å². The molecule has 2 amide bonds. The molecule has 1 saturated heterocycles. The summed E-state index contributed by atoms with van der Waals surface area (Å²) in [6.07, 6.45) is 1.58. The molecule has 0 radical (unpaired) electrons. The molecule has 1 aromatic rings. The molecule has 2 atom stereocenters. The average Bonchev–Trinajstić information content (AvgIpc) is 2.96. The fourth-order valence-electron chi connectivity index (χ4n) is 4.77. The predicted octanol–water partition coefficient (Wildman–Crippen LogP) is 2.05. The Morgan fingerprint density at radius 2 is 1.71 bits per heavy atom. The first-order chi connectivity index (χ1) is 11.2. The predicted molar refractivity (Wildman–Crippen MR) is 92.5 cm³/mol. The van der Waals surface area contributed by atoms with Gasteiger partial charge in [-0.3, -0.25) is 0 Å². The maximum Gasteiger partial charge on any atom is 0.315 e. The molecule has 1 aromatic carbocycles. The molecule has 5 nitrogen and oxygen atoms in total. The van der Waals surface area contributed by atoms with Crippen LogP contribution in [0.2, 0.25) is 0 Å². The molecule has 2 N–H and O–H groups in total. The lowest BCUT2D eigenvalue weighted by Gasteiger charge is -2.52. The molecule has 130 valence electrons. The van der Waals surface area contributed by atoms with E-state index in [2.05, 4.69) is 36.6 Å². The standard InChI is InChI=1S/C18H24N2O3S/c1-17(2)14(12-6-4-3-5-7-12)15(17)20-16(21)19-13-8-18(9-13)10-24(22,23)11-18/h3-7,13-15H,8-11H2,1-2H3,(H2,19,20,21)/t14-,15-/m0/s1. The summed E-state index contributed by atoms with van der Waals surface area (Å²) in [5.74, 6) is 0.936. The molecular weight excluding hydrogens is 324 g/mol. The zero-order valence-electron chi connectivity index (χ0n) is 14.1. The van der Waals surface area contributed by atoms with Crippen LogP contribution in [0.1, 0.15) is 38.2 Å². The van der Waals surface area contributed by atoms with Crippen LogP contribution in [0.4, 0.5) is 4.79 Å². The highest BCUT2D eigenvalue weighted by molar-refractivity contribution is 7.92. The number of nitrogens with one attached hydrogen (secondary N) is 2. The van der Waals surface area contributed by atoms with Crippen molar-refractivity contribution in [2.45, 2.75) is 44.7 Å². The number of benzene rings is 1. The third-order valence-corrected chi connectivity index (χ3v) is 8.12. The normalized spacial score (nSPS) is 31.6. The zero-order valence-corrected chi connectivity index (χ0v) is 14.9. The van der Waals surface area contributed by atoms with Crippen LogP contribution in [0.5, 0.6) is 0 Å². The highest BCUT2D eigenvalue weighted by Gasteiger charge is 2.60. The molecule has 2 saturated carbocycles. The monoisotopic (exact) mass is 348 g/mol. The molecule has 3 fully saturated rings. The van der Waals surface area contributed by atoms with E-state index in [0.717, 1.165) is 12.8 Å². The van der Waals surface area contributed by atoms with Crippen LogP contribution in [0, 0.1) is 10.8 Å². The number of urea groups is 1. The van der Waals surface area contributed by atoms with Crippen molar-refractivity contribution in [2.75, 3.05) is 11.5 Å². The largest absolute Gasteiger partial charge is 0.335 e. The number of carbonyl (C=O) groups excluding carboxylic acids is 1. The first kappa shape index (κ1) is 15.9. The van der Waals surface area contributed by atoms with Gasteiger partial charge in [-0.25, -0.2) is 13.2 Å². The fourth-order valence-corrected chi connectivity index (χ4v) is 7.02. The molecule has 4 rings (SSSR count). The third-order valence-electron chi connectivity index (χ3n) is 6.02. The van der Waals surface area contributed by atoms with E-state index in [-0.39, 0.29) is 28.9 Å². The maximum absolute atomic E-state index is 12.3. The summed E-state index contributed by atoms with van der Waals surface area (Å²) in [6, 6.07) is 10.4. The van der Waals surface area contributed by atoms with Gasteiger partial charge in [0.05, 0.1) is 11.5 Å². The van der Waals surface area contributed by atoms with Crippen molar-refractivity contribution in [3.63, 3.8) is 0 Å². The maximum atomic E-state index is 12.3. The van der Waals surface area contributed by atoms with E-state index < -0.39 is 9.84 Å². The zero-order chi connectivity index (χ0) is 17.2. The Morgan fingerprint density at radius 3 is 2.29 bits per heavy atom. The van der Waals surface area contributed by atoms with Gasteiger partial charge in [-0.15, -0.1) is 0 Å².